The second kappa shape index (κ2) is 5.72. The van der Waals surface area contributed by atoms with Crippen LogP contribution in [0, 0.1) is 16.7 Å². The van der Waals surface area contributed by atoms with Crippen molar-refractivity contribution in [2.45, 2.75) is 13.0 Å². The van der Waals surface area contributed by atoms with E-state index in [9.17, 15) is 9.90 Å². The number of nitrogens with zero attached hydrogens (tertiary/aromatic N) is 2. The molecule has 1 amide bonds. The number of carbonyl (C=O) groups excluding carboxylic acids is 1. The van der Waals surface area contributed by atoms with Crippen LogP contribution < -0.4 is 0 Å². The van der Waals surface area contributed by atoms with Crippen LogP contribution in [0.1, 0.15) is 12.0 Å². The molecule has 1 fully saturated rings. The molecule has 1 N–H and O–H groups in total. The maximum atomic E-state index is 11.9. The van der Waals surface area contributed by atoms with E-state index in [1.54, 1.807) is 0 Å². The van der Waals surface area contributed by atoms with Crippen molar-refractivity contribution in [3.8, 4) is 6.07 Å². The second-order valence-corrected chi connectivity index (χ2v) is 4.76. The first-order valence-electron chi connectivity index (χ1n) is 6.17. The zero-order valence-corrected chi connectivity index (χ0v) is 10.6. The number of ether oxygens (including phenoxy) is 1. The van der Waals surface area contributed by atoms with Gasteiger partial charge >= 0.3 is 6.09 Å². The molecule has 19 heavy (non-hydrogen) atoms. The van der Waals surface area contributed by atoms with Gasteiger partial charge in [0.1, 0.15) is 6.61 Å². The van der Waals surface area contributed by atoms with Crippen molar-refractivity contribution in [2.24, 2.45) is 5.41 Å². The first-order chi connectivity index (χ1) is 9.19. The van der Waals surface area contributed by atoms with E-state index in [2.05, 4.69) is 6.07 Å². The highest BCUT2D eigenvalue weighted by Crippen LogP contribution is 2.29. The van der Waals surface area contributed by atoms with Crippen molar-refractivity contribution in [3.63, 3.8) is 0 Å². The summed E-state index contributed by atoms with van der Waals surface area (Å²) in [6.07, 6.45) is 0.0508. The standard InChI is InChI=1S/C14H16N2O3/c15-9-14(11-17)6-7-16(10-14)13(18)19-8-12-4-2-1-3-5-12/h1-5,17H,6-8,10-11H2. The summed E-state index contributed by atoms with van der Waals surface area (Å²) < 4.78 is 5.19. The zero-order chi connectivity index (χ0) is 13.7. The number of rotatable bonds is 3. The maximum absolute atomic E-state index is 11.9. The number of aliphatic hydroxyl groups is 1. The number of nitriles is 1. The lowest BCUT2D eigenvalue weighted by Crippen LogP contribution is -2.33. The van der Waals surface area contributed by atoms with Crippen LogP contribution in [0.4, 0.5) is 4.79 Å². The Kier molecular flexibility index (Phi) is 4.03. The van der Waals surface area contributed by atoms with Gasteiger partial charge in [0.2, 0.25) is 0 Å². The van der Waals surface area contributed by atoms with Crippen molar-refractivity contribution in [2.75, 3.05) is 19.7 Å². The minimum Gasteiger partial charge on any atom is -0.445 e. The quantitative estimate of drug-likeness (QED) is 0.894. The highest BCUT2D eigenvalue weighted by atomic mass is 16.6. The lowest BCUT2D eigenvalue weighted by Gasteiger charge is -2.19. The summed E-state index contributed by atoms with van der Waals surface area (Å²) in [5.41, 5.74) is 0.0925. The molecule has 1 atom stereocenters. The van der Waals surface area contributed by atoms with Gasteiger partial charge in [-0.3, -0.25) is 0 Å². The minimum atomic E-state index is -0.828. The summed E-state index contributed by atoms with van der Waals surface area (Å²) in [6.45, 7) is 0.663. The summed E-state index contributed by atoms with van der Waals surface area (Å²) >= 11 is 0. The Morgan fingerprint density at radius 3 is 2.79 bits per heavy atom. The monoisotopic (exact) mass is 260 g/mol. The van der Waals surface area contributed by atoms with Gasteiger partial charge in [-0.2, -0.15) is 5.26 Å². The summed E-state index contributed by atoms with van der Waals surface area (Å²) in [7, 11) is 0. The van der Waals surface area contributed by atoms with Gasteiger partial charge in [0.05, 0.1) is 18.1 Å². The van der Waals surface area contributed by atoms with Crippen molar-refractivity contribution in [1.82, 2.24) is 4.90 Å². The van der Waals surface area contributed by atoms with Crippen LogP contribution in [0.5, 0.6) is 0 Å². The van der Waals surface area contributed by atoms with Crippen molar-refractivity contribution >= 4 is 6.09 Å². The average Bonchev–Trinajstić information content (AvgIpc) is 2.91. The predicted molar refractivity (Wildman–Crippen MR) is 67.9 cm³/mol. The molecular formula is C14H16N2O3. The smallest absolute Gasteiger partial charge is 0.410 e. The number of amides is 1. The van der Waals surface area contributed by atoms with E-state index in [-0.39, 0.29) is 19.8 Å². The Hall–Kier alpha value is -2.06. The molecule has 1 aliphatic heterocycles. The molecule has 5 nitrogen and oxygen atoms in total. The Bertz CT molecular complexity index is 483. The summed E-state index contributed by atoms with van der Waals surface area (Å²) in [5, 5.41) is 18.3. The molecule has 1 unspecified atom stereocenters. The number of benzene rings is 1. The Balaban J connectivity index is 1.87. The molecule has 0 aliphatic carbocycles. The van der Waals surface area contributed by atoms with Gasteiger partial charge in [-0.1, -0.05) is 30.3 Å². The number of hydrogen-bond donors (Lipinski definition) is 1. The predicted octanol–water partition coefficient (Wildman–Crippen LogP) is 1.53. The van der Waals surface area contributed by atoms with Gasteiger partial charge in [-0.25, -0.2) is 4.79 Å². The third kappa shape index (κ3) is 3.04. The molecule has 1 aliphatic rings. The van der Waals surface area contributed by atoms with Crippen molar-refractivity contribution < 1.29 is 14.6 Å². The molecule has 1 aromatic rings. The molecule has 0 radical (unpaired) electrons. The van der Waals surface area contributed by atoms with Gasteiger partial charge in [0, 0.05) is 13.1 Å². The molecule has 0 saturated carbocycles. The Labute approximate surface area is 112 Å². The molecule has 0 aromatic heterocycles. The van der Waals surface area contributed by atoms with Gasteiger partial charge in [0.25, 0.3) is 0 Å². The molecule has 0 bridgehead atoms. The zero-order valence-electron chi connectivity index (χ0n) is 10.6. The van der Waals surface area contributed by atoms with Gasteiger partial charge in [0.15, 0.2) is 0 Å². The molecule has 100 valence electrons. The van der Waals surface area contributed by atoms with Gasteiger partial charge < -0.3 is 14.7 Å². The van der Waals surface area contributed by atoms with Crippen LogP contribution >= 0.6 is 0 Å². The molecular weight excluding hydrogens is 244 g/mol. The average molecular weight is 260 g/mol. The Morgan fingerprint density at radius 1 is 1.47 bits per heavy atom. The van der Waals surface area contributed by atoms with E-state index in [4.69, 9.17) is 10.00 Å². The largest absolute Gasteiger partial charge is 0.445 e. The second-order valence-electron chi connectivity index (χ2n) is 4.76. The normalized spacial score (nSPS) is 22.0. The summed E-state index contributed by atoms with van der Waals surface area (Å²) in [4.78, 5) is 13.3. The topological polar surface area (TPSA) is 73.6 Å². The lowest BCUT2D eigenvalue weighted by atomic mass is 9.90. The number of hydrogen-bond acceptors (Lipinski definition) is 4. The number of aliphatic hydroxyl groups excluding tert-OH is 1. The first kappa shape index (κ1) is 13.4. The molecule has 5 heteroatoms. The molecule has 1 heterocycles. The molecule has 2 rings (SSSR count). The summed E-state index contributed by atoms with van der Waals surface area (Å²) in [5.74, 6) is 0. The van der Waals surface area contributed by atoms with Crippen molar-refractivity contribution in [1.29, 1.82) is 5.26 Å². The van der Waals surface area contributed by atoms with Crippen LogP contribution in [0.25, 0.3) is 0 Å². The van der Waals surface area contributed by atoms with E-state index in [0.29, 0.717) is 13.0 Å². The fourth-order valence-electron chi connectivity index (χ4n) is 2.09. The molecule has 0 spiro atoms. The molecule has 1 saturated heterocycles. The molecule has 1 aromatic carbocycles. The van der Waals surface area contributed by atoms with Crippen molar-refractivity contribution in [3.05, 3.63) is 35.9 Å². The first-order valence-corrected chi connectivity index (χ1v) is 6.17. The van der Waals surface area contributed by atoms with Crippen LogP contribution in [-0.2, 0) is 11.3 Å². The van der Waals surface area contributed by atoms with Crippen LogP contribution in [0.15, 0.2) is 30.3 Å². The van der Waals surface area contributed by atoms with Crippen LogP contribution in [0.2, 0.25) is 0 Å². The van der Waals surface area contributed by atoms with Gasteiger partial charge in [-0.15, -0.1) is 0 Å². The highest BCUT2D eigenvalue weighted by Gasteiger charge is 2.40. The lowest BCUT2D eigenvalue weighted by molar-refractivity contribution is 0.0979. The SMILES string of the molecule is N#CC1(CO)CCN(C(=O)OCc2ccccc2)C1. The van der Waals surface area contributed by atoms with E-state index in [1.807, 2.05) is 30.3 Å². The third-order valence-electron chi connectivity index (χ3n) is 3.36. The van der Waals surface area contributed by atoms with E-state index in [0.717, 1.165) is 5.56 Å². The maximum Gasteiger partial charge on any atom is 0.410 e. The number of carbonyl (C=O) groups is 1. The number of likely N-dealkylation sites (tertiary alicyclic amines) is 1. The third-order valence-corrected chi connectivity index (χ3v) is 3.36. The van der Waals surface area contributed by atoms with E-state index >= 15 is 0 Å². The van der Waals surface area contributed by atoms with Gasteiger partial charge in [-0.05, 0) is 12.0 Å². The Morgan fingerprint density at radius 2 is 2.21 bits per heavy atom. The fourth-order valence-corrected chi connectivity index (χ4v) is 2.09. The van der Waals surface area contributed by atoms with Crippen LogP contribution in [-0.4, -0.2) is 35.8 Å². The minimum absolute atomic E-state index is 0.217. The fraction of sp³-hybridized carbons (Fsp3) is 0.429. The van der Waals surface area contributed by atoms with E-state index < -0.39 is 11.5 Å². The van der Waals surface area contributed by atoms with Crippen LogP contribution in [0.3, 0.4) is 0 Å². The summed E-state index contributed by atoms with van der Waals surface area (Å²) in [6, 6.07) is 11.5. The highest BCUT2D eigenvalue weighted by molar-refractivity contribution is 5.68. The van der Waals surface area contributed by atoms with E-state index in [1.165, 1.54) is 4.90 Å².